The van der Waals surface area contributed by atoms with Gasteiger partial charge in [0.05, 0.1) is 4.90 Å². The second-order valence-corrected chi connectivity index (χ2v) is 11.4. The predicted octanol–water partition coefficient (Wildman–Crippen LogP) is 5.36. The number of ether oxygens (including phenoxy) is 1. The van der Waals surface area contributed by atoms with Crippen LogP contribution in [-0.4, -0.2) is 32.8 Å². The Morgan fingerprint density at radius 1 is 0.892 bits per heavy atom. The van der Waals surface area contributed by atoms with Gasteiger partial charge in [-0.2, -0.15) is 4.72 Å². The van der Waals surface area contributed by atoms with Crippen molar-refractivity contribution in [3.8, 4) is 0 Å². The van der Waals surface area contributed by atoms with Crippen LogP contribution in [0.25, 0.3) is 0 Å². The summed E-state index contributed by atoms with van der Waals surface area (Å²) < 4.78 is 33.8. The third-order valence-electron chi connectivity index (χ3n) is 6.85. The van der Waals surface area contributed by atoms with Gasteiger partial charge in [-0.3, -0.25) is 9.59 Å². The number of carbonyl (C=O) groups excluding carboxylic acids is 2. The molecule has 1 aliphatic rings. The van der Waals surface area contributed by atoms with Crippen LogP contribution in [0.5, 0.6) is 0 Å². The molecule has 4 rings (SSSR count). The van der Waals surface area contributed by atoms with Crippen LogP contribution >= 0.6 is 0 Å². The van der Waals surface area contributed by atoms with Crippen molar-refractivity contribution < 1.29 is 22.7 Å². The molecule has 0 heterocycles. The normalized spacial score (nSPS) is 15.2. The summed E-state index contributed by atoms with van der Waals surface area (Å²) in [6.45, 7) is 1.40. The Bertz CT molecular complexity index is 1300. The van der Waals surface area contributed by atoms with Crippen molar-refractivity contribution in [2.45, 2.75) is 62.3 Å². The molecule has 0 amide bonds. The van der Waals surface area contributed by atoms with Gasteiger partial charge < -0.3 is 4.74 Å². The minimum Gasteiger partial charge on any atom is -0.456 e. The van der Waals surface area contributed by atoms with Crippen molar-refractivity contribution in [1.29, 1.82) is 0 Å². The van der Waals surface area contributed by atoms with Crippen LogP contribution in [-0.2, 0) is 26.0 Å². The fourth-order valence-electron chi connectivity index (χ4n) is 4.69. The summed E-state index contributed by atoms with van der Waals surface area (Å²) in [5.74, 6) is -0.592. The topological polar surface area (TPSA) is 89.5 Å². The molecule has 0 saturated heterocycles. The highest BCUT2D eigenvalue weighted by Gasteiger charge is 2.28. The molecule has 6 nitrogen and oxygen atoms in total. The molecular formula is C30H33NO5S. The number of Topliss-reactive ketones (excluding diaryl/α,β-unsaturated/α-hetero) is 1. The van der Waals surface area contributed by atoms with Gasteiger partial charge in [0.2, 0.25) is 10.0 Å². The summed E-state index contributed by atoms with van der Waals surface area (Å²) in [5, 5.41) is 0. The van der Waals surface area contributed by atoms with Gasteiger partial charge in [0.25, 0.3) is 0 Å². The maximum atomic E-state index is 13.0. The number of benzene rings is 3. The third kappa shape index (κ3) is 7.37. The van der Waals surface area contributed by atoms with E-state index in [0.717, 1.165) is 11.1 Å². The number of ketones is 1. The van der Waals surface area contributed by atoms with Crippen molar-refractivity contribution in [3.05, 3.63) is 101 Å². The molecule has 1 aliphatic carbocycles. The minimum atomic E-state index is -3.98. The Morgan fingerprint density at radius 2 is 1.54 bits per heavy atom. The molecule has 194 valence electrons. The Morgan fingerprint density at radius 3 is 2.19 bits per heavy atom. The van der Waals surface area contributed by atoms with E-state index in [9.17, 15) is 18.0 Å². The van der Waals surface area contributed by atoms with E-state index in [4.69, 9.17) is 4.74 Å². The van der Waals surface area contributed by atoms with Gasteiger partial charge in [-0.25, -0.2) is 8.42 Å². The molecule has 0 aliphatic heterocycles. The Balaban J connectivity index is 1.42. The van der Waals surface area contributed by atoms with Crippen LogP contribution in [0, 0.1) is 6.92 Å². The molecular weight excluding hydrogens is 486 g/mol. The largest absolute Gasteiger partial charge is 0.456 e. The number of sulfonamides is 1. The second kappa shape index (κ2) is 12.3. The SMILES string of the molecule is Cc1ccc(S(=O)(=O)N[C@@H](Cc2ccccc2)C(=O)OCC(=O)c2ccc(C3CCCCC3)cc2)cc1. The highest BCUT2D eigenvalue weighted by Crippen LogP contribution is 2.32. The zero-order chi connectivity index (χ0) is 26.3. The quantitative estimate of drug-likeness (QED) is 0.288. The van der Waals surface area contributed by atoms with Gasteiger partial charge >= 0.3 is 5.97 Å². The summed E-state index contributed by atoms with van der Waals surface area (Å²) in [6, 6.07) is 21.8. The first-order valence-corrected chi connectivity index (χ1v) is 14.2. The van der Waals surface area contributed by atoms with Crippen LogP contribution in [0.2, 0.25) is 0 Å². The minimum absolute atomic E-state index is 0.0538. The van der Waals surface area contributed by atoms with Gasteiger partial charge in [-0.05, 0) is 55.4 Å². The fourth-order valence-corrected chi connectivity index (χ4v) is 5.88. The first kappa shape index (κ1) is 26.8. The molecule has 1 N–H and O–H groups in total. The van der Waals surface area contributed by atoms with E-state index < -0.39 is 28.6 Å². The Labute approximate surface area is 219 Å². The lowest BCUT2D eigenvalue weighted by Gasteiger charge is -2.22. The first-order chi connectivity index (χ1) is 17.8. The summed E-state index contributed by atoms with van der Waals surface area (Å²) >= 11 is 0. The Kier molecular flexibility index (Phi) is 8.90. The predicted molar refractivity (Wildman–Crippen MR) is 143 cm³/mol. The summed E-state index contributed by atoms with van der Waals surface area (Å²) in [7, 11) is -3.98. The molecule has 1 fully saturated rings. The smallest absolute Gasteiger partial charge is 0.324 e. The van der Waals surface area contributed by atoms with E-state index in [1.807, 2.05) is 37.3 Å². The van der Waals surface area contributed by atoms with E-state index >= 15 is 0 Å². The number of rotatable bonds is 10. The van der Waals surface area contributed by atoms with Crippen molar-refractivity contribution in [3.63, 3.8) is 0 Å². The summed E-state index contributed by atoms with van der Waals surface area (Å²) in [5.41, 5.74) is 3.39. The highest BCUT2D eigenvalue weighted by molar-refractivity contribution is 7.89. The van der Waals surface area contributed by atoms with Crippen molar-refractivity contribution >= 4 is 21.8 Å². The van der Waals surface area contributed by atoms with Gasteiger partial charge in [0, 0.05) is 5.56 Å². The van der Waals surface area contributed by atoms with Crippen LogP contribution in [0.1, 0.15) is 65.1 Å². The van der Waals surface area contributed by atoms with E-state index in [1.54, 1.807) is 36.4 Å². The maximum Gasteiger partial charge on any atom is 0.324 e. The van der Waals surface area contributed by atoms with Gasteiger partial charge in [0.15, 0.2) is 12.4 Å². The maximum absolute atomic E-state index is 13.0. The van der Waals surface area contributed by atoms with Crippen LogP contribution in [0.4, 0.5) is 0 Å². The number of aryl methyl sites for hydroxylation is 1. The molecule has 0 spiro atoms. The second-order valence-electron chi connectivity index (χ2n) is 9.66. The first-order valence-electron chi connectivity index (χ1n) is 12.7. The number of hydrogen-bond donors (Lipinski definition) is 1. The van der Waals surface area contributed by atoms with E-state index in [1.165, 1.54) is 49.8 Å². The van der Waals surface area contributed by atoms with Crippen LogP contribution < -0.4 is 4.72 Å². The number of esters is 1. The van der Waals surface area contributed by atoms with Gasteiger partial charge in [-0.1, -0.05) is 91.6 Å². The van der Waals surface area contributed by atoms with Gasteiger partial charge in [-0.15, -0.1) is 0 Å². The highest BCUT2D eigenvalue weighted by atomic mass is 32.2. The lowest BCUT2D eigenvalue weighted by molar-refractivity contribution is -0.144. The average Bonchev–Trinajstić information content (AvgIpc) is 2.92. The molecule has 0 aromatic heterocycles. The molecule has 0 bridgehead atoms. The molecule has 3 aromatic rings. The molecule has 3 aromatic carbocycles. The molecule has 1 saturated carbocycles. The molecule has 37 heavy (non-hydrogen) atoms. The van der Waals surface area contributed by atoms with E-state index in [2.05, 4.69) is 4.72 Å². The monoisotopic (exact) mass is 519 g/mol. The average molecular weight is 520 g/mol. The molecule has 0 radical (unpaired) electrons. The van der Waals surface area contributed by atoms with Crippen molar-refractivity contribution in [2.75, 3.05) is 6.61 Å². The van der Waals surface area contributed by atoms with Crippen LogP contribution in [0.15, 0.2) is 83.8 Å². The third-order valence-corrected chi connectivity index (χ3v) is 8.34. The van der Waals surface area contributed by atoms with Gasteiger partial charge in [0.1, 0.15) is 6.04 Å². The summed E-state index contributed by atoms with van der Waals surface area (Å²) in [6.07, 6.45) is 6.19. The standard InChI is InChI=1S/C30H33NO5S/c1-22-12-18-27(19-13-22)37(34,35)31-28(20-23-8-4-2-5-9-23)30(33)36-21-29(32)26-16-14-25(15-17-26)24-10-6-3-7-11-24/h2,4-5,8-9,12-19,24,28,31H,3,6-7,10-11,20-21H2,1H3/t28-/m0/s1. The molecule has 1 atom stereocenters. The molecule has 7 heteroatoms. The zero-order valence-corrected chi connectivity index (χ0v) is 21.9. The number of hydrogen-bond acceptors (Lipinski definition) is 5. The summed E-state index contributed by atoms with van der Waals surface area (Å²) in [4.78, 5) is 25.8. The van der Waals surface area contributed by atoms with Crippen molar-refractivity contribution in [2.24, 2.45) is 0 Å². The zero-order valence-electron chi connectivity index (χ0n) is 21.1. The lowest BCUT2D eigenvalue weighted by atomic mass is 9.84. The number of nitrogens with one attached hydrogen (secondary N) is 1. The fraction of sp³-hybridized carbons (Fsp3) is 0.333. The number of carbonyl (C=O) groups is 2. The van der Waals surface area contributed by atoms with Crippen molar-refractivity contribution in [1.82, 2.24) is 4.72 Å². The van der Waals surface area contributed by atoms with E-state index in [-0.39, 0.29) is 17.1 Å². The van der Waals surface area contributed by atoms with Crippen LogP contribution in [0.3, 0.4) is 0 Å². The lowest BCUT2D eigenvalue weighted by Crippen LogP contribution is -2.43. The Hall–Kier alpha value is -3.29. The van der Waals surface area contributed by atoms with E-state index in [0.29, 0.717) is 11.5 Å². The molecule has 0 unspecified atom stereocenters.